The molecule has 0 aliphatic heterocycles. The third-order valence-electron chi connectivity index (χ3n) is 4.53. The van der Waals surface area contributed by atoms with Gasteiger partial charge in [0.25, 0.3) is 0 Å². The van der Waals surface area contributed by atoms with Gasteiger partial charge in [-0.3, -0.25) is 14.4 Å². The molecule has 2 unspecified atom stereocenters. The summed E-state index contributed by atoms with van der Waals surface area (Å²) >= 11 is 0. The highest BCUT2D eigenvalue weighted by Gasteiger charge is 2.25. The summed E-state index contributed by atoms with van der Waals surface area (Å²) in [5.41, 5.74) is 1.24. The van der Waals surface area contributed by atoms with E-state index in [0.717, 1.165) is 25.7 Å². The molecule has 2 rings (SSSR count). The average molecular weight is 332 g/mol. The molecule has 2 amide bonds. The van der Waals surface area contributed by atoms with Crippen molar-refractivity contribution in [3.8, 4) is 0 Å². The summed E-state index contributed by atoms with van der Waals surface area (Å²) in [6.45, 7) is 3.26. The van der Waals surface area contributed by atoms with E-state index < -0.39 is 17.9 Å². The van der Waals surface area contributed by atoms with Gasteiger partial charge in [-0.15, -0.1) is 0 Å². The molecule has 0 aromatic heterocycles. The van der Waals surface area contributed by atoms with Crippen LogP contribution in [0.15, 0.2) is 24.3 Å². The van der Waals surface area contributed by atoms with E-state index in [0.29, 0.717) is 11.3 Å². The van der Waals surface area contributed by atoms with Crippen molar-refractivity contribution >= 4 is 23.5 Å². The van der Waals surface area contributed by atoms with Gasteiger partial charge in [-0.25, -0.2) is 0 Å². The van der Waals surface area contributed by atoms with Crippen molar-refractivity contribution in [1.29, 1.82) is 0 Å². The number of carbonyl (C=O) groups is 3. The Morgan fingerprint density at radius 1 is 1.08 bits per heavy atom. The number of aliphatic carboxylic acids is 1. The lowest BCUT2D eigenvalue weighted by Crippen LogP contribution is -2.43. The SMILES string of the molecule is CC(NC(=O)C1CCCC1)C(=O)Nc1ccc(C(C)C(=O)O)cc1. The maximum absolute atomic E-state index is 12.2. The summed E-state index contributed by atoms with van der Waals surface area (Å²) in [6, 6.07) is 6.07. The lowest BCUT2D eigenvalue weighted by atomic mass is 10.0. The topological polar surface area (TPSA) is 95.5 Å². The van der Waals surface area contributed by atoms with E-state index in [4.69, 9.17) is 5.11 Å². The Morgan fingerprint density at radius 2 is 1.67 bits per heavy atom. The van der Waals surface area contributed by atoms with E-state index >= 15 is 0 Å². The molecular weight excluding hydrogens is 308 g/mol. The summed E-state index contributed by atoms with van der Waals surface area (Å²) in [6.07, 6.45) is 3.92. The Kier molecular flexibility index (Phi) is 5.95. The fraction of sp³-hybridized carbons (Fsp3) is 0.500. The van der Waals surface area contributed by atoms with Crippen molar-refractivity contribution in [2.24, 2.45) is 5.92 Å². The van der Waals surface area contributed by atoms with E-state index in [1.807, 2.05) is 0 Å². The molecule has 130 valence electrons. The molecule has 0 radical (unpaired) electrons. The van der Waals surface area contributed by atoms with Gasteiger partial charge in [-0.2, -0.15) is 0 Å². The third kappa shape index (κ3) is 4.57. The second-order valence-electron chi connectivity index (χ2n) is 6.38. The van der Waals surface area contributed by atoms with Crippen molar-refractivity contribution in [2.75, 3.05) is 5.32 Å². The molecule has 1 aliphatic carbocycles. The van der Waals surface area contributed by atoms with Gasteiger partial charge in [-0.05, 0) is 44.4 Å². The van der Waals surface area contributed by atoms with Crippen LogP contribution in [-0.2, 0) is 14.4 Å². The van der Waals surface area contributed by atoms with Crippen LogP contribution in [0.5, 0.6) is 0 Å². The zero-order chi connectivity index (χ0) is 17.7. The molecule has 0 heterocycles. The molecule has 1 fully saturated rings. The Labute approximate surface area is 141 Å². The summed E-state index contributed by atoms with van der Waals surface area (Å²) in [4.78, 5) is 35.2. The van der Waals surface area contributed by atoms with Gasteiger partial charge in [0.15, 0.2) is 0 Å². The lowest BCUT2D eigenvalue weighted by Gasteiger charge is -2.17. The minimum absolute atomic E-state index is 0.0250. The smallest absolute Gasteiger partial charge is 0.310 e. The molecule has 1 aliphatic rings. The van der Waals surface area contributed by atoms with Crippen LogP contribution in [0.1, 0.15) is 51.0 Å². The van der Waals surface area contributed by atoms with Crippen LogP contribution in [0.2, 0.25) is 0 Å². The standard InChI is InChI=1S/C18H24N2O4/c1-11(18(23)24)13-7-9-15(10-8-13)20-16(21)12(2)19-17(22)14-5-3-4-6-14/h7-12,14H,3-6H2,1-2H3,(H,19,22)(H,20,21)(H,23,24). The maximum atomic E-state index is 12.2. The number of benzene rings is 1. The van der Waals surface area contributed by atoms with Crippen LogP contribution in [-0.4, -0.2) is 28.9 Å². The molecule has 1 saturated carbocycles. The number of rotatable bonds is 6. The minimum atomic E-state index is -0.893. The molecule has 6 heteroatoms. The molecule has 0 spiro atoms. The fourth-order valence-electron chi connectivity index (χ4n) is 2.83. The molecule has 1 aromatic carbocycles. The van der Waals surface area contributed by atoms with Crippen molar-refractivity contribution in [2.45, 2.75) is 51.5 Å². The fourth-order valence-corrected chi connectivity index (χ4v) is 2.83. The molecule has 2 atom stereocenters. The zero-order valence-corrected chi connectivity index (χ0v) is 14.0. The van der Waals surface area contributed by atoms with Crippen LogP contribution in [0, 0.1) is 5.92 Å². The predicted octanol–water partition coefficient (Wildman–Crippen LogP) is 2.51. The minimum Gasteiger partial charge on any atom is -0.481 e. The van der Waals surface area contributed by atoms with Crippen LogP contribution in [0.4, 0.5) is 5.69 Å². The number of amides is 2. The average Bonchev–Trinajstić information content (AvgIpc) is 3.09. The number of anilines is 1. The van der Waals surface area contributed by atoms with E-state index in [2.05, 4.69) is 10.6 Å². The van der Waals surface area contributed by atoms with Crippen LogP contribution in [0.3, 0.4) is 0 Å². The number of hydrogen-bond acceptors (Lipinski definition) is 3. The molecule has 1 aromatic rings. The summed E-state index contributed by atoms with van der Waals surface area (Å²) in [5.74, 6) is -1.81. The Morgan fingerprint density at radius 3 is 2.21 bits per heavy atom. The van der Waals surface area contributed by atoms with Crippen LogP contribution < -0.4 is 10.6 Å². The number of carbonyl (C=O) groups excluding carboxylic acids is 2. The Bertz CT molecular complexity index is 606. The first-order valence-electron chi connectivity index (χ1n) is 8.32. The normalized spacial score (nSPS) is 17.1. The highest BCUT2D eigenvalue weighted by Crippen LogP contribution is 2.24. The largest absolute Gasteiger partial charge is 0.481 e. The number of hydrogen-bond donors (Lipinski definition) is 3. The second-order valence-corrected chi connectivity index (χ2v) is 6.38. The number of nitrogens with one attached hydrogen (secondary N) is 2. The highest BCUT2D eigenvalue weighted by molar-refractivity contribution is 5.97. The van der Waals surface area contributed by atoms with Gasteiger partial charge >= 0.3 is 5.97 Å². The van der Waals surface area contributed by atoms with Gasteiger partial charge in [0.2, 0.25) is 11.8 Å². The first kappa shape index (κ1) is 18.0. The van der Waals surface area contributed by atoms with Gasteiger partial charge < -0.3 is 15.7 Å². The highest BCUT2D eigenvalue weighted by atomic mass is 16.4. The predicted molar refractivity (Wildman–Crippen MR) is 90.7 cm³/mol. The van der Waals surface area contributed by atoms with E-state index in [9.17, 15) is 14.4 Å². The van der Waals surface area contributed by atoms with Gasteiger partial charge in [0, 0.05) is 11.6 Å². The van der Waals surface area contributed by atoms with E-state index in [1.165, 1.54) is 0 Å². The zero-order valence-electron chi connectivity index (χ0n) is 14.0. The van der Waals surface area contributed by atoms with Gasteiger partial charge in [-0.1, -0.05) is 25.0 Å². The van der Waals surface area contributed by atoms with Crippen molar-refractivity contribution < 1.29 is 19.5 Å². The molecule has 6 nitrogen and oxygen atoms in total. The molecule has 24 heavy (non-hydrogen) atoms. The summed E-state index contributed by atoms with van der Waals surface area (Å²) in [7, 11) is 0. The molecule has 0 saturated heterocycles. The van der Waals surface area contributed by atoms with Gasteiger partial charge in [0.05, 0.1) is 5.92 Å². The quantitative estimate of drug-likeness (QED) is 0.746. The monoisotopic (exact) mass is 332 g/mol. The maximum Gasteiger partial charge on any atom is 0.310 e. The van der Waals surface area contributed by atoms with E-state index in [1.54, 1.807) is 38.1 Å². The third-order valence-corrected chi connectivity index (χ3v) is 4.53. The van der Waals surface area contributed by atoms with Crippen molar-refractivity contribution in [1.82, 2.24) is 5.32 Å². The van der Waals surface area contributed by atoms with Crippen LogP contribution in [0.25, 0.3) is 0 Å². The lowest BCUT2D eigenvalue weighted by molar-refractivity contribution is -0.138. The molecular formula is C18H24N2O4. The molecule has 3 N–H and O–H groups in total. The first-order valence-corrected chi connectivity index (χ1v) is 8.32. The first-order chi connectivity index (χ1) is 11.4. The van der Waals surface area contributed by atoms with Crippen molar-refractivity contribution in [3.05, 3.63) is 29.8 Å². The summed E-state index contributed by atoms with van der Waals surface area (Å²) < 4.78 is 0. The Balaban J connectivity index is 1.88. The molecule has 0 bridgehead atoms. The van der Waals surface area contributed by atoms with Crippen LogP contribution >= 0.6 is 0 Å². The second kappa shape index (κ2) is 7.95. The number of carboxylic acid groups (broad SMARTS) is 1. The van der Waals surface area contributed by atoms with E-state index in [-0.39, 0.29) is 17.7 Å². The Hall–Kier alpha value is -2.37. The van der Waals surface area contributed by atoms with Crippen molar-refractivity contribution in [3.63, 3.8) is 0 Å². The number of carboxylic acids is 1. The van der Waals surface area contributed by atoms with Gasteiger partial charge in [0.1, 0.15) is 6.04 Å². The summed E-state index contributed by atoms with van der Waals surface area (Å²) in [5, 5.41) is 14.5.